The van der Waals surface area contributed by atoms with Crippen molar-refractivity contribution in [1.29, 1.82) is 0 Å². The molecule has 1 heterocycles. The summed E-state index contributed by atoms with van der Waals surface area (Å²) < 4.78 is 1.61. The summed E-state index contributed by atoms with van der Waals surface area (Å²) >= 11 is 6.01. The van der Waals surface area contributed by atoms with E-state index in [1.54, 1.807) is 36.1 Å². The number of nitrogens with one attached hydrogen (secondary N) is 1. The maximum absolute atomic E-state index is 12.1. The van der Waals surface area contributed by atoms with Crippen LogP contribution in [0.3, 0.4) is 0 Å². The Labute approximate surface area is 111 Å². The number of nitrogens with zero attached hydrogens (tertiary/aromatic N) is 2. The third-order valence-corrected chi connectivity index (χ3v) is 3.24. The van der Waals surface area contributed by atoms with Gasteiger partial charge in [-0.15, -0.1) is 0 Å². The van der Waals surface area contributed by atoms with Gasteiger partial charge in [0.15, 0.2) is 0 Å². The van der Waals surface area contributed by atoms with Gasteiger partial charge in [0.2, 0.25) is 5.91 Å². The predicted octanol–water partition coefficient (Wildman–Crippen LogP) is 3.04. The van der Waals surface area contributed by atoms with Gasteiger partial charge in [0.1, 0.15) is 6.04 Å². The number of hydrogen-bond acceptors (Lipinski definition) is 2. The average Bonchev–Trinajstić information content (AvgIpc) is 2.87. The number of benzene rings is 1. The second-order valence-electron chi connectivity index (χ2n) is 4.06. The lowest BCUT2D eigenvalue weighted by atomic mass is 10.2. The number of anilines is 1. The van der Waals surface area contributed by atoms with Crippen LogP contribution in [-0.2, 0) is 4.79 Å². The summed E-state index contributed by atoms with van der Waals surface area (Å²) in [5, 5.41) is 7.54. The molecule has 0 saturated carbocycles. The van der Waals surface area contributed by atoms with Gasteiger partial charge in [0.25, 0.3) is 0 Å². The van der Waals surface area contributed by atoms with Crippen LogP contribution in [0.25, 0.3) is 0 Å². The van der Waals surface area contributed by atoms with Crippen molar-refractivity contribution >= 4 is 23.2 Å². The highest BCUT2D eigenvalue weighted by Crippen LogP contribution is 2.23. The summed E-state index contributed by atoms with van der Waals surface area (Å²) in [6.45, 7) is 3.67. The van der Waals surface area contributed by atoms with Gasteiger partial charge >= 0.3 is 0 Å². The number of aromatic nitrogens is 2. The Balaban J connectivity index is 2.14. The van der Waals surface area contributed by atoms with Crippen LogP contribution < -0.4 is 5.32 Å². The first-order chi connectivity index (χ1) is 8.59. The van der Waals surface area contributed by atoms with E-state index in [9.17, 15) is 4.79 Å². The number of rotatable bonds is 3. The van der Waals surface area contributed by atoms with E-state index in [0.29, 0.717) is 5.02 Å². The molecule has 0 fully saturated rings. The molecule has 2 rings (SSSR count). The van der Waals surface area contributed by atoms with E-state index in [1.807, 2.05) is 19.1 Å². The maximum Gasteiger partial charge on any atom is 0.248 e. The molecule has 2 aromatic rings. The molecule has 1 unspecified atom stereocenters. The SMILES string of the molecule is Cc1c(Cl)cccc1NC(=O)C(C)n1cccn1. The number of hydrogen-bond donors (Lipinski definition) is 1. The highest BCUT2D eigenvalue weighted by Gasteiger charge is 2.16. The minimum Gasteiger partial charge on any atom is -0.324 e. The molecule has 0 aliphatic carbocycles. The Morgan fingerprint density at radius 2 is 2.22 bits per heavy atom. The van der Waals surface area contributed by atoms with Crippen LogP contribution in [0.2, 0.25) is 5.02 Å². The molecule has 1 amide bonds. The first-order valence-electron chi connectivity index (χ1n) is 5.64. The summed E-state index contributed by atoms with van der Waals surface area (Å²) in [7, 11) is 0. The molecule has 94 valence electrons. The van der Waals surface area contributed by atoms with E-state index >= 15 is 0 Å². The van der Waals surface area contributed by atoms with Gasteiger partial charge in [-0.3, -0.25) is 9.48 Å². The molecule has 0 bridgehead atoms. The summed E-state index contributed by atoms with van der Waals surface area (Å²) in [6, 6.07) is 6.86. The Kier molecular flexibility index (Phi) is 3.67. The van der Waals surface area contributed by atoms with Gasteiger partial charge in [-0.2, -0.15) is 5.10 Å². The summed E-state index contributed by atoms with van der Waals surface area (Å²) in [4.78, 5) is 12.1. The first kappa shape index (κ1) is 12.6. The molecule has 1 aromatic heterocycles. The monoisotopic (exact) mass is 263 g/mol. The van der Waals surface area contributed by atoms with Crippen molar-refractivity contribution in [3.8, 4) is 0 Å². The van der Waals surface area contributed by atoms with Crippen molar-refractivity contribution in [1.82, 2.24) is 9.78 Å². The number of halogens is 1. The van der Waals surface area contributed by atoms with Gasteiger partial charge in [-0.05, 0) is 37.6 Å². The lowest BCUT2D eigenvalue weighted by molar-refractivity contribution is -0.119. The molecule has 5 heteroatoms. The van der Waals surface area contributed by atoms with Gasteiger partial charge < -0.3 is 5.32 Å². The van der Waals surface area contributed by atoms with Gasteiger partial charge in [0, 0.05) is 23.1 Å². The standard InChI is InChI=1S/C13H14ClN3O/c1-9-11(14)5-3-6-12(9)16-13(18)10(2)17-8-4-7-15-17/h3-8,10H,1-2H3,(H,16,18). The molecule has 4 nitrogen and oxygen atoms in total. The molecule has 0 aliphatic rings. The van der Waals surface area contributed by atoms with Gasteiger partial charge in [0.05, 0.1) is 0 Å². The molecule has 0 saturated heterocycles. The van der Waals surface area contributed by atoms with E-state index in [4.69, 9.17) is 11.6 Å². The largest absolute Gasteiger partial charge is 0.324 e. The zero-order valence-corrected chi connectivity index (χ0v) is 11.0. The van der Waals surface area contributed by atoms with Crippen molar-refractivity contribution in [2.45, 2.75) is 19.9 Å². The highest BCUT2D eigenvalue weighted by atomic mass is 35.5. The minimum atomic E-state index is -0.363. The van der Waals surface area contributed by atoms with E-state index in [-0.39, 0.29) is 11.9 Å². The summed E-state index contributed by atoms with van der Waals surface area (Å²) in [5.41, 5.74) is 1.59. The summed E-state index contributed by atoms with van der Waals surface area (Å²) in [6.07, 6.45) is 3.41. The third kappa shape index (κ3) is 2.54. The molecule has 0 spiro atoms. The fourth-order valence-corrected chi connectivity index (χ4v) is 1.78. The van der Waals surface area contributed by atoms with E-state index in [1.165, 1.54) is 0 Å². The van der Waals surface area contributed by atoms with Crippen molar-refractivity contribution in [3.05, 3.63) is 47.2 Å². The Bertz CT molecular complexity index is 551. The second kappa shape index (κ2) is 5.23. The first-order valence-corrected chi connectivity index (χ1v) is 6.02. The molecular formula is C13H14ClN3O. The molecule has 1 N–H and O–H groups in total. The highest BCUT2D eigenvalue weighted by molar-refractivity contribution is 6.31. The van der Waals surface area contributed by atoms with Crippen LogP contribution in [0.15, 0.2) is 36.7 Å². The molecule has 0 aliphatic heterocycles. The Morgan fingerprint density at radius 3 is 2.89 bits per heavy atom. The van der Waals surface area contributed by atoms with E-state index in [2.05, 4.69) is 10.4 Å². The smallest absolute Gasteiger partial charge is 0.248 e. The zero-order chi connectivity index (χ0) is 13.1. The molecule has 1 aromatic carbocycles. The van der Waals surface area contributed by atoms with Crippen LogP contribution in [-0.4, -0.2) is 15.7 Å². The fourth-order valence-electron chi connectivity index (χ4n) is 1.61. The number of amides is 1. The molecule has 1 atom stereocenters. The van der Waals surface area contributed by atoms with Crippen LogP contribution in [0, 0.1) is 6.92 Å². The van der Waals surface area contributed by atoms with Crippen molar-refractivity contribution in [3.63, 3.8) is 0 Å². The predicted molar refractivity (Wildman–Crippen MR) is 71.8 cm³/mol. The number of carbonyl (C=O) groups is 1. The Morgan fingerprint density at radius 1 is 1.44 bits per heavy atom. The quantitative estimate of drug-likeness (QED) is 0.925. The van der Waals surface area contributed by atoms with Gasteiger partial charge in [-0.1, -0.05) is 17.7 Å². The maximum atomic E-state index is 12.1. The zero-order valence-electron chi connectivity index (χ0n) is 10.2. The molecular weight excluding hydrogens is 250 g/mol. The van der Waals surface area contributed by atoms with E-state index < -0.39 is 0 Å². The van der Waals surface area contributed by atoms with Crippen LogP contribution >= 0.6 is 11.6 Å². The van der Waals surface area contributed by atoms with E-state index in [0.717, 1.165) is 11.3 Å². The molecule has 0 radical (unpaired) electrons. The van der Waals surface area contributed by atoms with Crippen molar-refractivity contribution in [2.24, 2.45) is 0 Å². The summed E-state index contributed by atoms with van der Waals surface area (Å²) in [5.74, 6) is -0.121. The van der Waals surface area contributed by atoms with Crippen LogP contribution in [0.1, 0.15) is 18.5 Å². The average molecular weight is 264 g/mol. The third-order valence-electron chi connectivity index (χ3n) is 2.83. The van der Waals surface area contributed by atoms with Gasteiger partial charge in [-0.25, -0.2) is 0 Å². The lowest BCUT2D eigenvalue weighted by Crippen LogP contribution is -2.24. The van der Waals surface area contributed by atoms with Crippen LogP contribution in [0.4, 0.5) is 5.69 Å². The topological polar surface area (TPSA) is 46.9 Å². The van der Waals surface area contributed by atoms with Crippen LogP contribution in [0.5, 0.6) is 0 Å². The Hall–Kier alpha value is -1.81. The van der Waals surface area contributed by atoms with Crippen molar-refractivity contribution < 1.29 is 4.79 Å². The lowest BCUT2D eigenvalue weighted by Gasteiger charge is -2.14. The fraction of sp³-hybridized carbons (Fsp3) is 0.231. The van der Waals surface area contributed by atoms with Crippen molar-refractivity contribution in [2.75, 3.05) is 5.32 Å². The number of carbonyl (C=O) groups excluding carboxylic acids is 1. The second-order valence-corrected chi connectivity index (χ2v) is 4.47. The minimum absolute atomic E-state index is 0.121. The molecule has 18 heavy (non-hydrogen) atoms. The normalized spacial score (nSPS) is 12.2.